The van der Waals surface area contributed by atoms with Gasteiger partial charge in [0.25, 0.3) is 0 Å². The average Bonchev–Trinajstić information content (AvgIpc) is 2.37. The molecule has 0 bridgehead atoms. The van der Waals surface area contributed by atoms with Gasteiger partial charge in [-0.25, -0.2) is 0 Å². The lowest BCUT2D eigenvalue weighted by atomic mass is 10.1. The smallest absolute Gasteiger partial charge is 0.0132 e. The molecular weight excluding hydrogens is 284 g/mol. The van der Waals surface area contributed by atoms with Crippen LogP contribution in [0, 0.1) is 0 Å². The van der Waals surface area contributed by atoms with E-state index in [9.17, 15) is 0 Å². The van der Waals surface area contributed by atoms with E-state index in [0.717, 1.165) is 0 Å². The molecule has 0 nitrogen and oxygen atoms in total. The van der Waals surface area contributed by atoms with Gasteiger partial charge in [0, 0.05) is 4.48 Å². The highest BCUT2D eigenvalue weighted by Gasteiger charge is 1.89. The van der Waals surface area contributed by atoms with Crippen LogP contribution in [0.5, 0.6) is 0 Å². The van der Waals surface area contributed by atoms with Gasteiger partial charge in [0.05, 0.1) is 0 Å². The van der Waals surface area contributed by atoms with E-state index in [0.29, 0.717) is 0 Å². The summed E-state index contributed by atoms with van der Waals surface area (Å²) in [5.41, 5.74) is 0. The van der Waals surface area contributed by atoms with Crippen LogP contribution in [0.1, 0.15) is 84.5 Å². The van der Waals surface area contributed by atoms with Gasteiger partial charge in [0.2, 0.25) is 0 Å². The van der Waals surface area contributed by atoms with Crippen LogP contribution in [0.15, 0.2) is 22.7 Å². The lowest BCUT2D eigenvalue weighted by Gasteiger charge is -1.97. The first kappa shape index (κ1) is 18.0. The fourth-order valence-corrected chi connectivity index (χ4v) is 2.36. The van der Waals surface area contributed by atoms with Crippen molar-refractivity contribution in [1.29, 1.82) is 0 Å². The summed E-state index contributed by atoms with van der Waals surface area (Å²) < 4.78 is 1.26. The Bertz CT molecular complexity index is 216. The van der Waals surface area contributed by atoms with Crippen LogP contribution in [0.2, 0.25) is 0 Å². The van der Waals surface area contributed by atoms with Gasteiger partial charge in [0.15, 0.2) is 0 Å². The van der Waals surface area contributed by atoms with Gasteiger partial charge in [-0.1, -0.05) is 93.0 Å². The molecule has 18 heavy (non-hydrogen) atoms. The molecule has 1 heteroatoms. The minimum atomic E-state index is 1.21. The third-order valence-electron chi connectivity index (χ3n) is 3.15. The van der Waals surface area contributed by atoms with E-state index in [1.54, 1.807) is 0 Å². The van der Waals surface area contributed by atoms with Crippen LogP contribution in [0.4, 0.5) is 0 Å². The summed E-state index contributed by atoms with van der Waals surface area (Å²) in [7, 11) is 0. The summed E-state index contributed by atoms with van der Waals surface area (Å²) in [5, 5.41) is 0. The van der Waals surface area contributed by atoms with Crippen molar-refractivity contribution in [3.8, 4) is 0 Å². The van der Waals surface area contributed by atoms with Crippen LogP contribution < -0.4 is 0 Å². The van der Waals surface area contributed by atoms with Crippen molar-refractivity contribution in [1.82, 2.24) is 0 Å². The fourth-order valence-electron chi connectivity index (χ4n) is 1.94. The van der Waals surface area contributed by atoms with E-state index in [4.69, 9.17) is 0 Å². The zero-order valence-corrected chi connectivity index (χ0v) is 14.0. The minimum absolute atomic E-state index is 1.21. The molecule has 0 saturated carbocycles. The van der Waals surface area contributed by atoms with E-state index < -0.39 is 0 Å². The van der Waals surface area contributed by atoms with Crippen molar-refractivity contribution in [2.75, 3.05) is 0 Å². The first-order valence-electron chi connectivity index (χ1n) is 7.83. The molecule has 0 amide bonds. The third-order valence-corrected chi connectivity index (χ3v) is 3.74. The zero-order chi connectivity index (χ0) is 13.5. The summed E-state index contributed by atoms with van der Waals surface area (Å²) >= 11 is 3.62. The second-order valence-corrected chi connectivity index (χ2v) is 5.96. The molecule has 0 aromatic heterocycles. The molecule has 0 saturated heterocycles. The first-order chi connectivity index (χ1) is 8.81. The highest BCUT2D eigenvalue weighted by Crippen LogP contribution is 2.12. The Morgan fingerprint density at radius 2 is 1.33 bits per heavy atom. The Labute approximate surface area is 123 Å². The predicted octanol–water partition coefficient (Wildman–Crippen LogP) is 7.15. The normalized spacial score (nSPS) is 12.5. The molecule has 0 aliphatic carbocycles. The molecule has 0 aromatic carbocycles. The molecule has 0 heterocycles. The molecule has 0 atom stereocenters. The van der Waals surface area contributed by atoms with Crippen LogP contribution in [-0.2, 0) is 0 Å². The van der Waals surface area contributed by atoms with Gasteiger partial charge in [-0.3, -0.25) is 0 Å². The van der Waals surface area contributed by atoms with Crippen LogP contribution in [0.25, 0.3) is 0 Å². The van der Waals surface area contributed by atoms with E-state index in [2.05, 4.69) is 48.0 Å². The Morgan fingerprint density at radius 1 is 0.778 bits per heavy atom. The Balaban J connectivity index is 3.42. The number of hydrogen-bond donors (Lipinski definition) is 0. The summed E-state index contributed by atoms with van der Waals surface area (Å²) in [5.74, 6) is 0. The second kappa shape index (κ2) is 15.0. The van der Waals surface area contributed by atoms with Crippen molar-refractivity contribution in [3.63, 3.8) is 0 Å². The molecule has 0 unspecified atom stereocenters. The SMILES string of the molecule is CCCCCC/C=C(Br)/C=C/CCCCCCC. The molecule has 0 spiro atoms. The monoisotopic (exact) mass is 314 g/mol. The third kappa shape index (κ3) is 14.0. The summed E-state index contributed by atoms with van der Waals surface area (Å²) in [6.07, 6.45) is 21.5. The summed E-state index contributed by atoms with van der Waals surface area (Å²) in [6.45, 7) is 4.53. The quantitative estimate of drug-likeness (QED) is 0.265. The number of halogens is 1. The molecule has 106 valence electrons. The van der Waals surface area contributed by atoms with E-state index in [1.165, 1.54) is 75.1 Å². The van der Waals surface area contributed by atoms with Crippen molar-refractivity contribution in [3.05, 3.63) is 22.7 Å². The predicted molar refractivity (Wildman–Crippen MR) is 88.3 cm³/mol. The maximum absolute atomic E-state index is 3.62. The van der Waals surface area contributed by atoms with Crippen molar-refractivity contribution < 1.29 is 0 Å². The van der Waals surface area contributed by atoms with E-state index in [-0.39, 0.29) is 0 Å². The minimum Gasteiger partial charge on any atom is -0.0834 e. The zero-order valence-electron chi connectivity index (χ0n) is 12.4. The Morgan fingerprint density at radius 3 is 2.00 bits per heavy atom. The van der Waals surface area contributed by atoms with Gasteiger partial charge in [-0.15, -0.1) is 0 Å². The van der Waals surface area contributed by atoms with Crippen LogP contribution in [-0.4, -0.2) is 0 Å². The fraction of sp³-hybridized carbons (Fsp3) is 0.765. The standard InChI is InChI=1S/C17H31Br/c1-3-5-7-9-10-12-14-16-17(18)15-13-11-8-6-4-2/h14-16H,3-13H2,1-2H3/b16-14+,17-15-. The maximum atomic E-state index is 3.62. The highest BCUT2D eigenvalue weighted by atomic mass is 79.9. The number of hydrogen-bond acceptors (Lipinski definition) is 0. The van der Waals surface area contributed by atoms with Crippen LogP contribution >= 0.6 is 15.9 Å². The molecular formula is C17H31Br. The van der Waals surface area contributed by atoms with Gasteiger partial charge in [-0.2, -0.15) is 0 Å². The lowest BCUT2D eigenvalue weighted by Crippen LogP contribution is -1.76. The van der Waals surface area contributed by atoms with Crippen LogP contribution in [0.3, 0.4) is 0 Å². The Kier molecular flexibility index (Phi) is 15.0. The first-order valence-corrected chi connectivity index (χ1v) is 8.62. The maximum Gasteiger partial charge on any atom is 0.0132 e. The summed E-state index contributed by atoms with van der Waals surface area (Å²) in [6, 6.07) is 0. The van der Waals surface area contributed by atoms with Crippen molar-refractivity contribution in [2.24, 2.45) is 0 Å². The van der Waals surface area contributed by atoms with Gasteiger partial charge >= 0.3 is 0 Å². The van der Waals surface area contributed by atoms with Crippen molar-refractivity contribution in [2.45, 2.75) is 84.5 Å². The topological polar surface area (TPSA) is 0 Å². The Hall–Kier alpha value is -0.0400. The molecule has 0 aromatic rings. The van der Waals surface area contributed by atoms with Gasteiger partial charge < -0.3 is 0 Å². The number of rotatable bonds is 12. The van der Waals surface area contributed by atoms with Crippen molar-refractivity contribution >= 4 is 15.9 Å². The number of unbranched alkanes of at least 4 members (excludes halogenated alkanes) is 9. The second-order valence-electron chi connectivity index (χ2n) is 5.04. The molecule has 0 aliphatic rings. The largest absolute Gasteiger partial charge is 0.0834 e. The van der Waals surface area contributed by atoms with Gasteiger partial charge in [0.1, 0.15) is 0 Å². The van der Waals surface area contributed by atoms with Gasteiger partial charge in [-0.05, 0) is 25.7 Å². The molecule has 0 fully saturated rings. The van der Waals surface area contributed by atoms with E-state index in [1.807, 2.05) is 0 Å². The summed E-state index contributed by atoms with van der Waals surface area (Å²) in [4.78, 5) is 0. The molecule has 0 aliphatic heterocycles. The molecule has 0 rings (SSSR count). The average molecular weight is 315 g/mol. The lowest BCUT2D eigenvalue weighted by molar-refractivity contribution is 0.637. The molecule has 0 radical (unpaired) electrons. The van der Waals surface area contributed by atoms with E-state index >= 15 is 0 Å². The highest BCUT2D eigenvalue weighted by molar-refractivity contribution is 9.11. The number of allylic oxidation sites excluding steroid dienone is 4. The molecule has 0 N–H and O–H groups in total.